The van der Waals surface area contributed by atoms with Crippen LogP contribution in [0.4, 0.5) is 0 Å². The topological polar surface area (TPSA) is 32.3 Å². The third-order valence-corrected chi connectivity index (χ3v) is 5.87. The van der Waals surface area contributed by atoms with E-state index in [1.54, 1.807) is 0 Å². The number of nitrogens with one attached hydrogen (secondary N) is 1. The van der Waals surface area contributed by atoms with Gasteiger partial charge in [-0.1, -0.05) is 20.8 Å². The van der Waals surface area contributed by atoms with Crippen molar-refractivity contribution in [1.29, 1.82) is 0 Å². The number of carbonyl (C=O) groups excluding carboxylic acids is 1. The molecule has 1 aliphatic heterocycles. The Morgan fingerprint density at radius 2 is 1.76 bits per heavy atom. The standard InChI is InChI=1S/C18H32N2O/c1-13-8-14(12-18(2,3)11-13)17(21)19-15-9-16(10-15)20-6-4-5-7-20/h13-16H,4-12H2,1-3H3,(H,19,21). The van der Waals surface area contributed by atoms with Crippen molar-refractivity contribution in [2.75, 3.05) is 13.1 Å². The summed E-state index contributed by atoms with van der Waals surface area (Å²) in [7, 11) is 0. The average molecular weight is 292 g/mol. The molecule has 0 radical (unpaired) electrons. The fraction of sp³-hybridized carbons (Fsp3) is 0.944. The van der Waals surface area contributed by atoms with E-state index >= 15 is 0 Å². The Balaban J connectivity index is 1.44. The molecule has 3 heteroatoms. The second-order valence-electron chi connectivity index (χ2n) is 8.68. The first kappa shape index (κ1) is 15.3. The summed E-state index contributed by atoms with van der Waals surface area (Å²) in [5.74, 6) is 1.26. The van der Waals surface area contributed by atoms with Gasteiger partial charge in [0.2, 0.25) is 5.91 Å². The van der Waals surface area contributed by atoms with Crippen molar-refractivity contribution >= 4 is 5.91 Å². The van der Waals surface area contributed by atoms with Crippen LogP contribution in [0.3, 0.4) is 0 Å². The van der Waals surface area contributed by atoms with Crippen molar-refractivity contribution in [3.8, 4) is 0 Å². The third-order valence-electron chi connectivity index (χ3n) is 5.87. The van der Waals surface area contributed by atoms with Gasteiger partial charge in [-0.2, -0.15) is 0 Å². The summed E-state index contributed by atoms with van der Waals surface area (Å²) in [5.41, 5.74) is 0.331. The summed E-state index contributed by atoms with van der Waals surface area (Å²) in [4.78, 5) is 15.2. The number of likely N-dealkylation sites (tertiary alicyclic amines) is 1. The van der Waals surface area contributed by atoms with Crippen molar-refractivity contribution < 1.29 is 4.79 Å². The first-order valence-corrected chi connectivity index (χ1v) is 8.97. The highest BCUT2D eigenvalue weighted by molar-refractivity contribution is 5.79. The van der Waals surface area contributed by atoms with E-state index in [1.165, 1.54) is 45.2 Å². The zero-order valence-corrected chi connectivity index (χ0v) is 14.0. The van der Waals surface area contributed by atoms with E-state index in [0.29, 0.717) is 23.3 Å². The lowest BCUT2D eigenvalue weighted by atomic mass is 9.67. The van der Waals surface area contributed by atoms with Gasteiger partial charge in [0.25, 0.3) is 0 Å². The molecule has 2 unspecified atom stereocenters. The molecular formula is C18H32N2O. The molecule has 1 heterocycles. The van der Waals surface area contributed by atoms with E-state index in [2.05, 4.69) is 31.0 Å². The van der Waals surface area contributed by atoms with Crippen LogP contribution >= 0.6 is 0 Å². The van der Waals surface area contributed by atoms with Gasteiger partial charge >= 0.3 is 0 Å². The van der Waals surface area contributed by atoms with Crippen LogP contribution in [-0.4, -0.2) is 36.0 Å². The van der Waals surface area contributed by atoms with E-state index < -0.39 is 0 Å². The number of rotatable bonds is 3. The van der Waals surface area contributed by atoms with Crippen LogP contribution < -0.4 is 5.32 Å². The minimum Gasteiger partial charge on any atom is -0.353 e. The lowest BCUT2D eigenvalue weighted by Gasteiger charge is -2.43. The summed E-state index contributed by atoms with van der Waals surface area (Å²) in [6.07, 6.45) is 8.49. The predicted molar refractivity (Wildman–Crippen MR) is 86.0 cm³/mol. The highest BCUT2D eigenvalue weighted by Gasteiger charge is 2.39. The molecule has 1 amide bonds. The van der Waals surface area contributed by atoms with Crippen molar-refractivity contribution in [2.45, 2.75) is 77.8 Å². The Bertz CT molecular complexity index is 381. The lowest BCUT2D eigenvalue weighted by Crippen LogP contribution is -2.54. The summed E-state index contributed by atoms with van der Waals surface area (Å²) in [5, 5.41) is 3.33. The maximum atomic E-state index is 12.5. The molecule has 0 bridgehead atoms. The molecule has 21 heavy (non-hydrogen) atoms. The Morgan fingerprint density at radius 1 is 1.10 bits per heavy atom. The highest BCUT2D eigenvalue weighted by Crippen LogP contribution is 2.42. The summed E-state index contributed by atoms with van der Waals surface area (Å²) in [6.45, 7) is 9.48. The van der Waals surface area contributed by atoms with E-state index in [-0.39, 0.29) is 5.92 Å². The van der Waals surface area contributed by atoms with Crippen molar-refractivity contribution in [1.82, 2.24) is 10.2 Å². The molecule has 3 fully saturated rings. The maximum absolute atomic E-state index is 12.5. The summed E-state index contributed by atoms with van der Waals surface area (Å²) >= 11 is 0. The Morgan fingerprint density at radius 3 is 2.38 bits per heavy atom. The van der Waals surface area contributed by atoms with Gasteiger partial charge in [0.15, 0.2) is 0 Å². The molecule has 2 saturated carbocycles. The van der Waals surface area contributed by atoms with Crippen molar-refractivity contribution in [2.24, 2.45) is 17.3 Å². The van der Waals surface area contributed by atoms with Gasteiger partial charge in [0.05, 0.1) is 0 Å². The molecule has 3 nitrogen and oxygen atoms in total. The quantitative estimate of drug-likeness (QED) is 0.866. The predicted octanol–water partition coefficient (Wildman–Crippen LogP) is 3.19. The van der Waals surface area contributed by atoms with Gasteiger partial charge in [-0.3, -0.25) is 4.79 Å². The van der Waals surface area contributed by atoms with Crippen LogP contribution in [0.5, 0.6) is 0 Å². The number of carbonyl (C=O) groups is 1. The zero-order valence-electron chi connectivity index (χ0n) is 14.0. The molecule has 0 aromatic rings. The first-order chi connectivity index (χ1) is 9.93. The van der Waals surface area contributed by atoms with E-state index in [0.717, 1.165) is 18.9 Å². The second kappa shape index (κ2) is 5.91. The second-order valence-corrected chi connectivity index (χ2v) is 8.68. The molecular weight excluding hydrogens is 260 g/mol. The van der Waals surface area contributed by atoms with Crippen LogP contribution in [0, 0.1) is 17.3 Å². The Hall–Kier alpha value is -0.570. The van der Waals surface area contributed by atoms with E-state index in [9.17, 15) is 4.79 Å². The monoisotopic (exact) mass is 292 g/mol. The van der Waals surface area contributed by atoms with Gasteiger partial charge in [-0.15, -0.1) is 0 Å². The lowest BCUT2D eigenvalue weighted by molar-refractivity contribution is -0.129. The molecule has 1 saturated heterocycles. The van der Waals surface area contributed by atoms with Gasteiger partial charge < -0.3 is 10.2 Å². The minimum absolute atomic E-state index is 0.245. The molecule has 0 aromatic carbocycles. The normalized spacial score (nSPS) is 39.8. The molecule has 2 atom stereocenters. The van der Waals surface area contributed by atoms with Gasteiger partial charge in [0, 0.05) is 18.0 Å². The number of amides is 1. The van der Waals surface area contributed by atoms with Crippen molar-refractivity contribution in [3.05, 3.63) is 0 Å². The average Bonchev–Trinajstić information content (AvgIpc) is 2.83. The molecule has 3 aliphatic rings. The molecule has 0 aromatic heterocycles. The van der Waals surface area contributed by atoms with Crippen LogP contribution in [0.15, 0.2) is 0 Å². The molecule has 2 aliphatic carbocycles. The van der Waals surface area contributed by atoms with Gasteiger partial charge in [-0.05, 0) is 69.4 Å². The third kappa shape index (κ3) is 3.61. The fourth-order valence-electron chi connectivity index (χ4n) is 4.98. The number of hydrogen-bond donors (Lipinski definition) is 1. The first-order valence-electron chi connectivity index (χ1n) is 8.97. The Kier molecular flexibility index (Phi) is 4.31. The summed E-state index contributed by atoms with van der Waals surface area (Å²) < 4.78 is 0. The maximum Gasteiger partial charge on any atom is 0.223 e. The highest BCUT2D eigenvalue weighted by atomic mass is 16.2. The SMILES string of the molecule is CC1CC(C(=O)NC2CC(N3CCCC3)C2)CC(C)(C)C1. The molecule has 120 valence electrons. The molecule has 3 rings (SSSR count). The largest absolute Gasteiger partial charge is 0.353 e. The van der Waals surface area contributed by atoms with Crippen LogP contribution in [0.2, 0.25) is 0 Å². The molecule has 1 N–H and O–H groups in total. The fourth-order valence-corrected chi connectivity index (χ4v) is 4.98. The van der Waals surface area contributed by atoms with E-state index in [1.807, 2.05) is 0 Å². The number of nitrogens with zero attached hydrogens (tertiary/aromatic N) is 1. The van der Waals surface area contributed by atoms with Gasteiger partial charge in [0.1, 0.15) is 0 Å². The molecule has 0 spiro atoms. The van der Waals surface area contributed by atoms with Crippen LogP contribution in [-0.2, 0) is 4.79 Å². The Labute approximate surface area is 129 Å². The zero-order chi connectivity index (χ0) is 15.0. The van der Waals surface area contributed by atoms with Crippen molar-refractivity contribution in [3.63, 3.8) is 0 Å². The smallest absolute Gasteiger partial charge is 0.223 e. The van der Waals surface area contributed by atoms with Crippen LogP contribution in [0.1, 0.15) is 65.7 Å². The van der Waals surface area contributed by atoms with E-state index in [4.69, 9.17) is 0 Å². The summed E-state index contributed by atoms with van der Waals surface area (Å²) in [6, 6.07) is 1.20. The van der Waals surface area contributed by atoms with Gasteiger partial charge in [-0.25, -0.2) is 0 Å². The minimum atomic E-state index is 0.245. The van der Waals surface area contributed by atoms with Crippen LogP contribution in [0.25, 0.3) is 0 Å². The number of hydrogen-bond acceptors (Lipinski definition) is 2.